The van der Waals surface area contributed by atoms with Gasteiger partial charge in [-0.25, -0.2) is 4.98 Å². The van der Waals surface area contributed by atoms with Crippen molar-refractivity contribution < 1.29 is 4.79 Å². The van der Waals surface area contributed by atoms with Gasteiger partial charge in [-0.1, -0.05) is 43.8 Å². The number of thiophene rings is 1. The van der Waals surface area contributed by atoms with Gasteiger partial charge in [0.25, 0.3) is 0 Å². The predicted molar refractivity (Wildman–Crippen MR) is 123 cm³/mol. The fourth-order valence-electron chi connectivity index (χ4n) is 4.09. The molecule has 0 fully saturated rings. The van der Waals surface area contributed by atoms with Gasteiger partial charge in [-0.15, -0.1) is 21.5 Å². The minimum atomic E-state index is -0.0476. The molecule has 1 amide bonds. The van der Waals surface area contributed by atoms with Crippen LogP contribution in [0.15, 0.2) is 35.7 Å². The van der Waals surface area contributed by atoms with Gasteiger partial charge in [0, 0.05) is 10.6 Å². The molecule has 1 unspecified atom stereocenters. The second-order valence-corrected chi connectivity index (χ2v) is 9.83. The smallest absolute Gasteiger partial charge is 0.234 e. The SMILES string of the molecule is CCc1ccccc1NC(=O)CSc1nnc2c3c4c(sc3ncn12)CC(C)CC4. The molecule has 0 spiro atoms. The Kier molecular flexibility index (Phi) is 5.20. The molecule has 1 N–H and O–H groups in total. The zero-order valence-electron chi connectivity index (χ0n) is 17.0. The number of hydrogen-bond donors (Lipinski definition) is 1. The van der Waals surface area contributed by atoms with E-state index in [1.165, 1.54) is 28.6 Å². The Morgan fingerprint density at radius 1 is 1.33 bits per heavy atom. The highest BCUT2D eigenvalue weighted by Crippen LogP contribution is 2.39. The molecule has 0 saturated heterocycles. The lowest BCUT2D eigenvalue weighted by molar-refractivity contribution is -0.113. The molecule has 5 rings (SSSR count). The highest BCUT2D eigenvalue weighted by molar-refractivity contribution is 7.99. The van der Waals surface area contributed by atoms with Crippen molar-refractivity contribution in [3.8, 4) is 0 Å². The average molecular weight is 438 g/mol. The Morgan fingerprint density at radius 3 is 3.07 bits per heavy atom. The zero-order valence-corrected chi connectivity index (χ0v) is 18.6. The minimum Gasteiger partial charge on any atom is -0.325 e. The molecule has 30 heavy (non-hydrogen) atoms. The van der Waals surface area contributed by atoms with E-state index in [9.17, 15) is 4.79 Å². The predicted octanol–water partition coefficient (Wildman–Crippen LogP) is 4.76. The molecule has 3 aromatic heterocycles. The topological polar surface area (TPSA) is 72.2 Å². The molecule has 0 saturated carbocycles. The summed E-state index contributed by atoms with van der Waals surface area (Å²) in [7, 11) is 0. The summed E-state index contributed by atoms with van der Waals surface area (Å²) in [6, 6.07) is 7.90. The summed E-state index contributed by atoms with van der Waals surface area (Å²) in [6.45, 7) is 4.39. The fraction of sp³-hybridized carbons (Fsp3) is 0.364. The maximum atomic E-state index is 12.5. The Bertz CT molecular complexity index is 1250. The second-order valence-electron chi connectivity index (χ2n) is 7.80. The highest BCUT2D eigenvalue weighted by Gasteiger charge is 2.24. The number of rotatable bonds is 5. The van der Waals surface area contributed by atoms with E-state index in [-0.39, 0.29) is 11.7 Å². The summed E-state index contributed by atoms with van der Waals surface area (Å²) in [4.78, 5) is 19.7. The third-order valence-electron chi connectivity index (χ3n) is 5.68. The molecule has 0 aliphatic heterocycles. The van der Waals surface area contributed by atoms with Crippen LogP contribution < -0.4 is 5.32 Å². The number of carbonyl (C=O) groups excluding carboxylic acids is 1. The molecule has 6 nitrogen and oxygen atoms in total. The summed E-state index contributed by atoms with van der Waals surface area (Å²) in [6.07, 6.45) is 6.07. The molecule has 3 heterocycles. The Labute approximate surface area is 183 Å². The van der Waals surface area contributed by atoms with E-state index >= 15 is 0 Å². The maximum absolute atomic E-state index is 12.5. The van der Waals surface area contributed by atoms with Crippen molar-refractivity contribution >= 4 is 50.6 Å². The number of hydrogen-bond acceptors (Lipinski definition) is 6. The van der Waals surface area contributed by atoms with Gasteiger partial charge in [0.05, 0.1) is 11.1 Å². The molecule has 4 aromatic rings. The first-order valence-electron chi connectivity index (χ1n) is 10.3. The van der Waals surface area contributed by atoms with Gasteiger partial charge in [-0.05, 0) is 48.8 Å². The summed E-state index contributed by atoms with van der Waals surface area (Å²) in [5.41, 5.74) is 4.25. The van der Waals surface area contributed by atoms with Crippen LogP contribution in [0, 0.1) is 5.92 Å². The molecular weight excluding hydrogens is 414 g/mol. The highest BCUT2D eigenvalue weighted by atomic mass is 32.2. The zero-order chi connectivity index (χ0) is 20.7. The van der Waals surface area contributed by atoms with Crippen LogP contribution >= 0.6 is 23.1 Å². The second kappa shape index (κ2) is 8.00. The standard InChI is InChI=1S/C22H23N5OS2/c1-3-14-6-4-5-7-16(14)24-18(28)11-29-22-26-25-20-19-15-9-8-13(2)10-17(15)30-21(19)23-12-27(20)22/h4-7,12-13H,3,8-11H2,1-2H3,(H,24,28). The van der Waals surface area contributed by atoms with Gasteiger partial charge in [0.2, 0.25) is 5.91 Å². The minimum absolute atomic E-state index is 0.0476. The molecule has 1 aliphatic carbocycles. The van der Waals surface area contributed by atoms with Crippen molar-refractivity contribution in [2.24, 2.45) is 5.92 Å². The number of nitrogens with one attached hydrogen (secondary N) is 1. The molecule has 8 heteroatoms. The quantitative estimate of drug-likeness (QED) is 0.456. The van der Waals surface area contributed by atoms with Crippen LogP contribution in [-0.2, 0) is 24.1 Å². The van der Waals surface area contributed by atoms with Gasteiger partial charge < -0.3 is 5.32 Å². The Morgan fingerprint density at radius 2 is 2.20 bits per heavy atom. The number of carbonyl (C=O) groups is 1. The summed E-state index contributed by atoms with van der Waals surface area (Å²) < 4.78 is 1.92. The number of aryl methyl sites for hydroxylation is 2. The van der Waals surface area contributed by atoms with Gasteiger partial charge in [0.15, 0.2) is 10.8 Å². The summed E-state index contributed by atoms with van der Waals surface area (Å²) in [5, 5.41) is 13.7. The Hall–Kier alpha value is -2.45. The molecule has 1 aliphatic rings. The van der Waals surface area contributed by atoms with Gasteiger partial charge in [0.1, 0.15) is 11.2 Å². The number of para-hydroxylation sites is 1. The first-order chi connectivity index (χ1) is 14.6. The van der Waals surface area contributed by atoms with Gasteiger partial charge in [-0.3, -0.25) is 9.20 Å². The average Bonchev–Trinajstić information content (AvgIpc) is 3.32. The van der Waals surface area contributed by atoms with E-state index < -0.39 is 0 Å². The Balaban J connectivity index is 1.38. The van der Waals surface area contributed by atoms with Crippen molar-refractivity contribution in [2.45, 2.75) is 44.7 Å². The van der Waals surface area contributed by atoms with Crippen LogP contribution in [0.2, 0.25) is 0 Å². The molecule has 0 bridgehead atoms. The van der Waals surface area contributed by atoms with E-state index in [0.717, 1.165) is 52.3 Å². The first kappa shape index (κ1) is 19.5. The monoisotopic (exact) mass is 437 g/mol. The number of nitrogens with zero attached hydrogens (tertiary/aromatic N) is 4. The van der Waals surface area contributed by atoms with Crippen LogP contribution in [0.25, 0.3) is 15.9 Å². The summed E-state index contributed by atoms with van der Waals surface area (Å²) >= 11 is 3.17. The van der Waals surface area contributed by atoms with E-state index in [2.05, 4.69) is 34.3 Å². The fourth-order valence-corrected chi connectivity index (χ4v) is 6.13. The lowest BCUT2D eigenvalue weighted by atomic mass is 9.89. The largest absolute Gasteiger partial charge is 0.325 e. The van der Waals surface area contributed by atoms with E-state index in [1.807, 2.05) is 28.7 Å². The number of anilines is 1. The van der Waals surface area contributed by atoms with Crippen molar-refractivity contribution in [2.75, 3.05) is 11.1 Å². The van der Waals surface area contributed by atoms with E-state index in [1.54, 1.807) is 17.7 Å². The van der Waals surface area contributed by atoms with Crippen molar-refractivity contribution in [3.63, 3.8) is 0 Å². The van der Waals surface area contributed by atoms with E-state index in [4.69, 9.17) is 0 Å². The molecule has 0 radical (unpaired) electrons. The molecule has 1 aromatic carbocycles. The molecule has 1 atom stereocenters. The molecular formula is C22H23N5OS2. The third kappa shape index (κ3) is 3.48. The number of amides is 1. The van der Waals surface area contributed by atoms with E-state index in [0.29, 0.717) is 5.16 Å². The summed E-state index contributed by atoms with van der Waals surface area (Å²) in [5.74, 6) is 0.950. The van der Waals surface area contributed by atoms with Crippen molar-refractivity contribution in [3.05, 3.63) is 46.6 Å². The van der Waals surface area contributed by atoms with Crippen LogP contribution in [-0.4, -0.2) is 31.2 Å². The first-order valence-corrected chi connectivity index (χ1v) is 12.1. The van der Waals surface area contributed by atoms with Crippen LogP contribution in [0.4, 0.5) is 5.69 Å². The van der Waals surface area contributed by atoms with Crippen molar-refractivity contribution in [1.82, 2.24) is 19.6 Å². The number of aromatic nitrogens is 4. The van der Waals surface area contributed by atoms with Gasteiger partial charge >= 0.3 is 0 Å². The van der Waals surface area contributed by atoms with Crippen LogP contribution in [0.3, 0.4) is 0 Å². The van der Waals surface area contributed by atoms with Crippen molar-refractivity contribution in [1.29, 1.82) is 0 Å². The number of fused-ring (bicyclic) bond motifs is 5. The normalized spacial score (nSPS) is 16.1. The number of benzene rings is 1. The lowest BCUT2D eigenvalue weighted by Gasteiger charge is -2.17. The number of thioether (sulfide) groups is 1. The van der Waals surface area contributed by atoms with Crippen LogP contribution in [0.5, 0.6) is 0 Å². The van der Waals surface area contributed by atoms with Crippen LogP contribution in [0.1, 0.15) is 36.3 Å². The third-order valence-corrected chi connectivity index (χ3v) is 7.78. The van der Waals surface area contributed by atoms with Gasteiger partial charge in [-0.2, -0.15) is 0 Å². The lowest BCUT2D eigenvalue weighted by Crippen LogP contribution is -2.15. The maximum Gasteiger partial charge on any atom is 0.234 e. The molecule has 154 valence electrons.